The van der Waals surface area contributed by atoms with Crippen LogP contribution in [0.4, 0.5) is 4.39 Å². The van der Waals surface area contributed by atoms with Crippen LogP contribution in [-0.2, 0) is 0 Å². The second-order valence-electron chi connectivity index (χ2n) is 4.07. The van der Waals surface area contributed by atoms with Crippen LogP contribution in [0.25, 0.3) is 21.9 Å². The van der Waals surface area contributed by atoms with Crippen molar-refractivity contribution < 1.29 is 4.39 Å². The van der Waals surface area contributed by atoms with E-state index in [-0.39, 0.29) is 5.82 Å². The Kier molecular flexibility index (Phi) is 2.37. The van der Waals surface area contributed by atoms with Crippen LogP contribution in [0.5, 0.6) is 0 Å². The maximum absolute atomic E-state index is 12.9. The van der Waals surface area contributed by atoms with Gasteiger partial charge < -0.3 is 0 Å². The van der Waals surface area contributed by atoms with Gasteiger partial charge in [-0.25, -0.2) is 4.39 Å². The van der Waals surface area contributed by atoms with E-state index in [1.54, 1.807) is 12.1 Å². The van der Waals surface area contributed by atoms with Gasteiger partial charge in [-0.1, -0.05) is 48.5 Å². The van der Waals surface area contributed by atoms with Crippen molar-refractivity contribution >= 4 is 10.8 Å². The van der Waals surface area contributed by atoms with Gasteiger partial charge in [0.25, 0.3) is 0 Å². The van der Waals surface area contributed by atoms with Gasteiger partial charge >= 0.3 is 0 Å². The number of benzene rings is 3. The largest absolute Gasteiger partial charge is 0.207 e. The third-order valence-corrected chi connectivity index (χ3v) is 2.93. The Morgan fingerprint density at radius 3 is 2.00 bits per heavy atom. The third-order valence-electron chi connectivity index (χ3n) is 2.93. The van der Waals surface area contributed by atoms with Crippen molar-refractivity contribution in [1.29, 1.82) is 0 Å². The zero-order valence-corrected chi connectivity index (χ0v) is 9.23. The average Bonchev–Trinajstić information content (AvgIpc) is 2.39. The van der Waals surface area contributed by atoms with E-state index in [4.69, 9.17) is 0 Å². The van der Waals surface area contributed by atoms with Gasteiger partial charge in [-0.3, -0.25) is 0 Å². The molecule has 3 aromatic rings. The van der Waals surface area contributed by atoms with Gasteiger partial charge in [0.2, 0.25) is 0 Å². The molecule has 0 atom stereocenters. The first-order valence-corrected chi connectivity index (χ1v) is 5.58. The Morgan fingerprint density at radius 2 is 1.24 bits per heavy atom. The average molecular weight is 222 g/mol. The molecular weight excluding hydrogens is 211 g/mol. The van der Waals surface area contributed by atoms with Gasteiger partial charge in [0.05, 0.1) is 0 Å². The molecule has 0 unspecified atom stereocenters. The molecule has 0 N–H and O–H groups in total. The van der Waals surface area contributed by atoms with E-state index in [0.29, 0.717) is 0 Å². The molecule has 0 radical (unpaired) electrons. The van der Waals surface area contributed by atoms with Crippen LogP contribution in [-0.4, -0.2) is 0 Å². The molecule has 17 heavy (non-hydrogen) atoms. The minimum Gasteiger partial charge on any atom is -0.207 e. The van der Waals surface area contributed by atoms with E-state index in [1.807, 2.05) is 12.1 Å². The molecule has 0 heterocycles. The summed E-state index contributed by atoms with van der Waals surface area (Å²) < 4.78 is 12.9. The van der Waals surface area contributed by atoms with Crippen LogP contribution in [0.3, 0.4) is 0 Å². The molecule has 0 fully saturated rings. The predicted molar refractivity (Wildman–Crippen MR) is 69.3 cm³/mol. The Balaban J connectivity index is 2.14. The highest BCUT2D eigenvalue weighted by atomic mass is 19.1. The highest BCUT2D eigenvalue weighted by molar-refractivity contribution is 5.87. The van der Waals surface area contributed by atoms with Crippen LogP contribution in [0.2, 0.25) is 0 Å². The first-order chi connectivity index (χ1) is 8.33. The third kappa shape index (κ3) is 1.92. The molecule has 0 aliphatic rings. The van der Waals surface area contributed by atoms with Crippen molar-refractivity contribution in [3.05, 3.63) is 72.5 Å². The Bertz CT molecular complexity index is 654. The fourth-order valence-electron chi connectivity index (χ4n) is 2.01. The first kappa shape index (κ1) is 10.0. The summed E-state index contributed by atoms with van der Waals surface area (Å²) in [6.07, 6.45) is 0. The quantitative estimate of drug-likeness (QED) is 0.562. The number of hydrogen-bond donors (Lipinski definition) is 0. The smallest absolute Gasteiger partial charge is 0.123 e. The van der Waals surface area contributed by atoms with Crippen molar-refractivity contribution in [3.8, 4) is 11.1 Å². The minimum atomic E-state index is -0.200. The van der Waals surface area contributed by atoms with Crippen molar-refractivity contribution in [3.63, 3.8) is 0 Å². The van der Waals surface area contributed by atoms with Gasteiger partial charge in [-0.15, -0.1) is 0 Å². The number of rotatable bonds is 1. The van der Waals surface area contributed by atoms with E-state index in [0.717, 1.165) is 11.1 Å². The molecule has 3 aromatic carbocycles. The number of halogens is 1. The summed E-state index contributed by atoms with van der Waals surface area (Å²) >= 11 is 0. The fraction of sp³-hybridized carbons (Fsp3) is 0. The Hall–Kier alpha value is -2.15. The predicted octanol–water partition coefficient (Wildman–Crippen LogP) is 4.65. The summed E-state index contributed by atoms with van der Waals surface area (Å²) in [5.74, 6) is -0.200. The van der Waals surface area contributed by atoms with Gasteiger partial charge in [0, 0.05) is 0 Å². The van der Waals surface area contributed by atoms with Crippen LogP contribution < -0.4 is 0 Å². The molecule has 1 heteroatoms. The van der Waals surface area contributed by atoms with Gasteiger partial charge in [-0.2, -0.15) is 0 Å². The standard InChI is InChI=1S/C16H11F/c17-16-9-7-13(8-10-16)15-6-5-12-3-1-2-4-14(12)11-15/h1-11H. The summed E-state index contributed by atoms with van der Waals surface area (Å²) in [4.78, 5) is 0. The molecular formula is C16H11F. The maximum atomic E-state index is 12.9. The second kappa shape index (κ2) is 4.02. The van der Waals surface area contributed by atoms with Gasteiger partial charge in [0.15, 0.2) is 0 Å². The molecule has 0 aliphatic heterocycles. The van der Waals surface area contributed by atoms with Crippen molar-refractivity contribution in [1.82, 2.24) is 0 Å². The van der Waals surface area contributed by atoms with E-state index < -0.39 is 0 Å². The zero-order chi connectivity index (χ0) is 11.7. The Labute approximate surface area is 99.3 Å². The zero-order valence-electron chi connectivity index (χ0n) is 9.23. The summed E-state index contributed by atoms with van der Waals surface area (Å²) in [6.45, 7) is 0. The van der Waals surface area contributed by atoms with Crippen LogP contribution in [0.15, 0.2) is 66.7 Å². The monoisotopic (exact) mass is 222 g/mol. The molecule has 0 saturated heterocycles. The van der Waals surface area contributed by atoms with E-state index in [1.165, 1.54) is 22.9 Å². The van der Waals surface area contributed by atoms with Gasteiger partial charge in [-0.05, 0) is 40.1 Å². The maximum Gasteiger partial charge on any atom is 0.123 e. The van der Waals surface area contributed by atoms with Gasteiger partial charge in [0.1, 0.15) is 5.82 Å². The van der Waals surface area contributed by atoms with Crippen molar-refractivity contribution in [2.24, 2.45) is 0 Å². The van der Waals surface area contributed by atoms with Crippen molar-refractivity contribution in [2.75, 3.05) is 0 Å². The molecule has 0 aromatic heterocycles. The van der Waals surface area contributed by atoms with E-state index in [9.17, 15) is 4.39 Å². The topological polar surface area (TPSA) is 0 Å². The summed E-state index contributed by atoms with van der Waals surface area (Å²) in [7, 11) is 0. The fourth-order valence-corrected chi connectivity index (χ4v) is 2.01. The molecule has 0 spiro atoms. The number of hydrogen-bond acceptors (Lipinski definition) is 0. The number of fused-ring (bicyclic) bond motifs is 1. The lowest BCUT2D eigenvalue weighted by atomic mass is 10.0. The SMILES string of the molecule is Fc1ccc(-c2ccc3ccccc3c2)cc1. The highest BCUT2D eigenvalue weighted by Crippen LogP contribution is 2.24. The van der Waals surface area contributed by atoms with E-state index >= 15 is 0 Å². The molecule has 0 aliphatic carbocycles. The molecule has 3 rings (SSSR count). The lowest BCUT2D eigenvalue weighted by Crippen LogP contribution is -1.79. The molecule has 0 saturated carbocycles. The van der Waals surface area contributed by atoms with E-state index in [2.05, 4.69) is 30.3 Å². The molecule has 0 amide bonds. The summed E-state index contributed by atoms with van der Waals surface area (Å²) in [5.41, 5.74) is 2.15. The molecule has 82 valence electrons. The van der Waals surface area contributed by atoms with Crippen molar-refractivity contribution in [2.45, 2.75) is 0 Å². The molecule has 0 nitrogen and oxygen atoms in total. The molecule has 0 bridgehead atoms. The summed E-state index contributed by atoms with van der Waals surface area (Å²) in [5, 5.41) is 2.42. The van der Waals surface area contributed by atoms with Crippen LogP contribution in [0, 0.1) is 5.82 Å². The normalized spacial score (nSPS) is 10.6. The lowest BCUT2D eigenvalue weighted by molar-refractivity contribution is 0.628. The Morgan fingerprint density at radius 1 is 0.588 bits per heavy atom. The first-order valence-electron chi connectivity index (χ1n) is 5.58. The highest BCUT2D eigenvalue weighted by Gasteiger charge is 1.99. The van der Waals surface area contributed by atoms with Crippen LogP contribution in [0.1, 0.15) is 0 Å². The second-order valence-corrected chi connectivity index (χ2v) is 4.07. The minimum absolute atomic E-state index is 0.200. The lowest BCUT2D eigenvalue weighted by Gasteiger charge is -2.04. The summed E-state index contributed by atoms with van der Waals surface area (Å²) in [6, 6.07) is 21.1. The van der Waals surface area contributed by atoms with Crippen LogP contribution >= 0.6 is 0 Å².